The van der Waals surface area contributed by atoms with E-state index >= 15 is 0 Å². The molecule has 0 unspecified atom stereocenters. The van der Waals surface area contributed by atoms with Gasteiger partial charge in [-0.25, -0.2) is 0 Å². The average molecular weight is 887 g/mol. The third-order valence-electron chi connectivity index (χ3n) is 15.0. The van der Waals surface area contributed by atoms with Crippen LogP contribution in [0, 0.1) is 0 Å². The van der Waals surface area contributed by atoms with Gasteiger partial charge in [-0.05, 0) is 137 Å². The molecule has 0 radical (unpaired) electrons. The van der Waals surface area contributed by atoms with Gasteiger partial charge in [-0.1, -0.05) is 206 Å². The summed E-state index contributed by atoms with van der Waals surface area (Å²) in [6, 6.07) is 94.7. The first-order valence-corrected chi connectivity index (χ1v) is 24.3. The SMILES string of the molecule is c1ccc(-c2c3c(c(-c4ccccc4)c4cc(N5c6ccccc6-c6ccccc6-c6ccccc65)ccc24)-c2cc(N4c5ccccc5-c5ccccc5-c5ccccc54)cc4cccc-3c24)cc1. The van der Waals surface area contributed by atoms with Gasteiger partial charge in [0.05, 0.1) is 22.7 Å². The van der Waals surface area contributed by atoms with E-state index < -0.39 is 0 Å². The molecule has 0 aromatic heterocycles. The maximum Gasteiger partial charge on any atom is 0.0540 e. The second kappa shape index (κ2) is 15.1. The van der Waals surface area contributed by atoms with Gasteiger partial charge in [0.1, 0.15) is 0 Å². The van der Waals surface area contributed by atoms with Gasteiger partial charge >= 0.3 is 0 Å². The van der Waals surface area contributed by atoms with Crippen molar-refractivity contribution >= 4 is 55.7 Å². The van der Waals surface area contributed by atoms with Crippen molar-refractivity contribution in [2.75, 3.05) is 9.80 Å². The monoisotopic (exact) mass is 886 g/mol. The summed E-state index contributed by atoms with van der Waals surface area (Å²) in [5.41, 5.74) is 26.7. The van der Waals surface area contributed by atoms with Crippen molar-refractivity contribution < 1.29 is 0 Å². The fourth-order valence-electron chi connectivity index (χ4n) is 12.2. The van der Waals surface area contributed by atoms with Crippen molar-refractivity contribution in [3.8, 4) is 89.0 Å². The molecule has 2 heteroatoms. The number of benzene rings is 12. The van der Waals surface area contributed by atoms with Gasteiger partial charge in [0.25, 0.3) is 0 Å². The minimum Gasteiger partial charge on any atom is -0.309 e. The lowest BCUT2D eigenvalue weighted by atomic mass is 9.82. The van der Waals surface area contributed by atoms with Crippen LogP contribution in [0.3, 0.4) is 0 Å². The highest BCUT2D eigenvalue weighted by molar-refractivity contribution is 6.28. The van der Waals surface area contributed by atoms with Gasteiger partial charge in [-0.15, -0.1) is 0 Å². The van der Waals surface area contributed by atoms with Gasteiger partial charge in [0.2, 0.25) is 0 Å². The van der Waals surface area contributed by atoms with Crippen LogP contribution in [0.2, 0.25) is 0 Å². The van der Waals surface area contributed by atoms with Crippen molar-refractivity contribution in [3.05, 3.63) is 255 Å². The Morgan fingerprint density at radius 1 is 0.214 bits per heavy atom. The molecule has 2 heterocycles. The van der Waals surface area contributed by atoms with E-state index in [1.165, 1.54) is 111 Å². The second-order valence-electron chi connectivity index (χ2n) is 18.7. The highest BCUT2D eigenvalue weighted by Crippen LogP contribution is 2.61. The summed E-state index contributed by atoms with van der Waals surface area (Å²) >= 11 is 0. The summed E-state index contributed by atoms with van der Waals surface area (Å²) in [5, 5.41) is 4.95. The molecule has 70 heavy (non-hydrogen) atoms. The van der Waals surface area contributed by atoms with Gasteiger partial charge in [0, 0.05) is 33.6 Å². The Bertz CT molecular complexity index is 4000. The van der Waals surface area contributed by atoms with Crippen LogP contribution in [-0.2, 0) is 0 Å². The minimum absolute atomic E-state index is 1.11. The highest BCUT2D eigenvalue weighted by Gasteiger charge is 2.34. The molecule has 12 aromatic carbocycles. The Kier molecular flexibility index (Phi) is 8.39. The Morgan fingerprint density at radius 2 is 0.600 bits per heavy atom. The number of hydrogen-bond acceptors (Lipinski definition) is 2. The lowest BCUT2D eigenvalue weighted by Gasteiger charge is -2.29. The Morgan fingerprint density at radius 3 is 1.09 bits per heavy atom. The molecule has 1 aliphatic carbocycles. The van der Waals surface area contributed by atoms with E-state index in [1.807, 2.05) is 0 Å². The summed E-state index contributed by atoms with van der Waals surface area (Å²) in [5.74, 6) is 0. The molecule has 0 bridgehead atoms. The number of rotatable bonds is 4. The smallest absolute Gasteiger partial charge is 0.0540 e. The molecule has 0 saturated heterocycles. The molecular formula is C68H42N2. The summed E-state index contributed by atoms with van der Waals surface area (Å²) < 4.78 is 0. The van der Waals surface area contributed by atoms with E-state index in [2.05, 4.69) is 265 Å². The van der Waals surface area contributed by atoms with Gasteiger partial charge in [-0.3, -0.25) is 0 Å². The van der Waals surface area contributed by atoms with Gasteiger partial charge in [0.15, 0.2) is 0 Å². The highest BCUT2D eigenvalue weighted by atomic mass is 15.2. The van der Waals surface area contributed by atoms with Crippen molar-refractivity contribution in [2.45, 2.75) is 0 Å². The van der Waals surface area contributed by atoms with E-state index in [-0.39, 0.29) is 0 Å². The normalized spacial score (nSPS) is 12.5. The summed E-state index contributed by atoms with van der Waals surface area (Å²) in [7, 11) is 0. The van der Waals surface area contributed by atoms with Crippen LogP contribution in [0.25, 0.3) is 111 Å². The minimum atomic E-state index is 1.11. The maximum atomic E-state index is 2.51. The van der Waals surface area contributed by atoms with Crippen LogP contribution in [0.5, 0.6) is 0 Å². The molecule has 15 rings (SSSR count). The Hall–Kier alpha value is -9.24. The van der Waals surface area contributed by atoms with E-state index in [1.54, 1.807) is 0 Å². The number of nitrogens with zero attached hydrogens (tertiary/aromatic N) is 2. The lowest BCUT2D eigenvalue weighted by molar-refractivity contribution is 1.30. The van der Waals surface area contributed by atoms with Crippen molar-refractivity contribution in [1.29, 1.82) is 0 Å². The molecule has 12 aromatic rings. The fraction of sp³-hybridized carbons (Fsp3) is 0. The zero-order valence-corrected chi connectivity index (χ0v) is 38.1. The van der Waals surface area contributed by atoms with Gasteiger partial charge < -0.3 is 9.80 Å². The lowest BCUT2D eigenvalue weighted by Crippen LogP contribution is -2.11. The van der Waals surface area contributed by atoms with Crippen molar-refractivity contribution in [3.63, 3.8) is 0 Å². The molecule has 3 aliphatic rings. The molecule has 0 atom stereocenters. The predicted molar refractivity (Wildman–Crippen MR) is 295 cm³/mol. The maximum absolute atomic E-state index is 2.51. The molecular weight excluding hydrogens is 845 g/mol. The Labute approximate surface area is 407 Å². The standard InChI is InChI=1S/C68H42N2/c1-3-20-43(21-4-1)65-56-39-38-46(69-60-34-15-11-29-52(60)48-25-7-8-26-49(48)53-30-12-16-35-61(53)69)41-58(56)66(44-22-5-2-6-23-44)68-59-42-47(40-45-24-19-33-57(64(45)59)67(65)68)70-62-36-17-13-31-54(62)50-27-9-10-28-51(50)55-32-14-18-37-63(55)70/h1-42H. The fourth-order valence-corrected chi connectivity index (χ4v) is 12.2. The molecule has 0 saturated carbocycles. The van der Waals surface area contributed by atoms with E-state index in [0.717, 1.165) is 34.1 Å². The van der Waals surface area contributed by atoms with E-state index in [0.29, 0.717) is 0 Å². The molecule has 2 aliphatic heterocycles. The molecule has 0 spiro atoms. The number of hydrogen-bond donors (Lipinski definition) is 0. The number of fused-ring (bicyclic) bond motifs is 14. The predicted octanol–water partition coefficient (Wildman–Crippen LogP) is 19.2. The van der Waals surface area contributed by atoms with Gasteiger partial charge in [-0.2, -0.15) is 0 Å². The topological polar surface area (TPSA) is 6.48 Å². The van der Waals surface area contributed by atoms with Crippen LogP contribution in [-0.4, -0.2) is 0 Å². The van der Waals surface area contributed by atoms with Crippen LogP contribution in [0.15, 0.2) is 255 Å². The van der Waals surface area contributed by atoms with E-state index in [4.69, 9.17) is 0 Å². The van der Waals surface area contributed by atoms with Crippen LogP contribution in [0.1, 0.15) is 0 Å². The van der Waals surface area contributed by atoms with Crippen molar-refractivity contribution in [2.24, 2.45) is 0 Å². The largest absolute Gasteiger partial charge is 0.309 e. The second-order valence-corrected chi connectivity index (χ2v) is 18.7. The molecule has 0 amide bonds. The first-order chi connectivity index (χ1) is 34.8. The number of para-hydroxylation sites is 4. The first kappa shape index (κ1) is 38.8. The molecule has 2 nitrogen and oxygen atoms in total. The zero-order chi connectivity index (χ0) is 45.9. The summed E-state index contributed by atoms with van der Waals surface area (Å²) in [4.78, 5) is 5.01. The van der Waals surface area contributed by atoms with Crippen LogP contribution < -0.4 is 9.80 Å². The third-order valence-corrected chi connectivity index (χ3v) is 15.0. The molecule has 0 N–H and O–H groups in total. The summed E-state index contributed by atoms with van der Waals surface area (Å²) in [6.07, 6.45) is 0. The Balaban J connectivity index is 1.06. The van der Waals surface area contributed by atoms with Crippen molar-refractivity contribution in [1.82, 2.24) is 0 Å². The third kappa shape index (κ3) is 5.56. The molecule has 0 fully saturated rings. The van der Waals surface area contributed by atoms with Crippen LogP contribution >= 0.6 is 0 Å². The van der Waals surface area contributed by atoms with Crippen LogP contribution in [0.4, 0.5) is 34.1 Å². The number of anilines is 6. The molecule has 324 valence electrons. The average Bonchev–Trinajstić information content (AvgIpc) is 3.60. The first-order valence-electron chi connectivity index (χ1n) is 24.3. The summed E-state index contributed by atoms with van der Waals surface area (Å²) in [6.45, 7) is 0. The van der Waals surface area contributed by atoms with E-state index in [9.17, 15) is 0 Å². The quantitative estimate of drug-likeness (QED) is 0.174. The zero-order valence-electron chi connectivity index (χ0n) is 38.1.